The lowest BCUT2D eigenvalue weighted by atomic mass is 10.2. The molecule has 0 saturated heterocycles. The molecule has 0 bridgehead atoms. The van der Waals surface area contributed by atoms with Gasteiger partial charge in [-0.05, 0) is 58.2 Å². The summed E-state index contributed by atoms with van der Waals surface area (Å²) in [7, 11) is 1.67. The number of nitrogens with zero attached hydrogens (tertiary/aromatic N) is 1. The molecule has 1 aromatic heterocycles. The maximum atomic E-state index is 5.12. The Morgan fingerprint density at radius 2 is 1.94 bits per heavy atom. The Hall–Kier alpha value is -1.55. The summed E-state index contributed by atoms with van der Waals surface area (Å²) in [6.07, 6.45) is 0. The average molecular weight is 307 g/mol. The standard InChI is InChI=1S/C14H15BrN2O/c1-10-7-13(15)17-14(8-10)16-9-11-3-5-12(18-2)6-4-11/h3-8H,9H2,1-2H3,(H,16,17). The van der Waals surface area contributed by atoms with Crippen molar-refractivity contribution in [1.29, 1.82) is 0 Å². The van der Waals surface area contributed by atoms with Gasteiger partial charge in [-0.2, -0.15) is 0 Å². The first-order valence-electron chi connectivity index (χ1n) is 5.68. The quantitative estimate of drug-likeness (QED) is 0.873. The van der Waals surface area contributed by atoms with Crippen LogP contribution in [0.4, 0.5) is 5.82 Å². The van der Waals surface area contributed by atoms with E-state index in [9.17, 15) is 0 Å². The van der Waals surface area contributed by atoms with Crippen LogP contribution in [0.5, 0.6) is 5.75 Å². The van der Waals surface area contributed by atoms with E-state index in [2.05, 4.69) is 26.2 Å². The predicted octanol–water partition coefficient (Wildman–Crippen LogP) is 3.77. The summed E-state index contributed by atoms with van der Waals surface area (Å²) in [6, 6.07) is 12.0. The first-order valence-corrected chi connectivity index (χ1v) is 6.47. The number of nitrogens with one attached hydrogen (secondary N) is 1. The van der Waals surface area contributed by atoms with E-state index in [1.54, 1.807) is 7.11 Å². The monoisotopic (exact) mass is 306 g/mol. The van der Waals surface area contributed by atoms with Gasteiger partial charge in [-0.3, -0.25) is 0 Å². The van der Waals surface area contributed by atoms with Gasteiger partial charge >= 0.3 is 0 Å². The molecule has 2 rings (SSSR count). The normalized spacial score (nSPS) is 10.2. The zero-order chi connectivity index (χ0) is 13.0. The molecule has 0 aliphatic carbocycles. The van der Waals surface area contributed by atoms with Crippen molar-refractivity contribution in [2.75, 3.05) is 12.4 Å². The molecule has 0 fully saturated rings. The lowest BCUT2D eigenvalue weighted by molar-refractivity contribution is 0.414. The Morgan fingerprint density at radius 1 is 1.22 bits per heavy atom. The second-order valence-corrected chi connectivity index (χ2v) is 4.87. The molecule has 4 heteroatoms. The molecular weight excluding hydrogens is 292 g/mol. The molecule has 0 radical (unpaired) electrons. The largest absolute Gasteiger partial charge is 0.497 e. The van der Waals surface area contributed by atoms with Crippen molar-refractivity contribution in [3.05, 3.63) is 52.1 Å². The number of anilines is 1. The number of aromatic nitrogens is 1. The van der Waals surface area contributed by atoms with Crippen LogP contribution in [-0.2, 0) is 6.54 Å². The number of pyridine rings is 1. The summed E-state index contributed by atoms with van der Waals surface area (Å²) in [5.74, 6) is 1.74. The van der Waals surface area contributed by atoms with E-state index in [1.807, 2.05) is 43.3 Å². The van der Waals surface area contributed by atoms with E-state index in [0.717, 1.165) is 22.7 Å². The Kier molecular flexibility index (Phi) is 4.20. The Morgan fingerprint density at radius 3 is 2.56 bits per heavy atom. The Balaban J connectivity index is 2.01. The van der Waals surface area contributed by atoms with Crippen LogP contribution >= 0.6 is 15.9 Å². The van der Waals surface area contributed by atoms with Crippen molar-refractivity contribution in [3.63, 3.8) is 0 Å². The molecule has 0 unspecified atom stereocenters. The van der Waals surface area contributed by atoms with Crippen LogP contribution in [-0.4, -0.2) is 12.1 Å². The van der Waals surface area contributed by atoms with Crippen LogP contribution in [0.25, 0.3) is 0 Å². The average Bonchev–Trinajstić information content (AvgIpc) is 2.36. The number of ether oxygens (including phenoxy) is 1. The van der Waals surface area contributed by atoms with Crippen molar-refractivity contribution in [2.45, 2.75) is 13.5 Å². The van der Waals surface area contributed by atoms with Crippen LogP contribution in [0.1, 0.15) is 11.1 Å². The third-order valence-electron chi connectivity index (χ3n) is 2.57. The predicted molar refractivity (Wildman–Crippen MR) is 77.0 cm³/mol. The SMILES string of the molecule is COc1ccc(CNc2cc(C)cc(Br)n2)cc1. The Labute approximate surface area is 115 Å². The van der Waals surface area contributed by atoms with Gasteiger partial charge in [0, 0.05) is 6.54 Å². The van der Waals surface area contributed by atoms with E-state index in [0.29, 0.717) is 0 Å². The molecule has 2 aromatic rings. The molecule has 1 N–H and O–H groups in total. The van der Waals surface area contributed by atoms with Gasteiger partial charge in [-0.25, -0.2) is 4.98 Å². The van der Waals surface area contributed by atoms with Gasteiger partial charge in [0.15, 0.2) is 0 Å². The van der Waals surface area contributed by atoms with E-state index in [-0.39, 0.29) is 0 Å². The lowest BCUT2D eigenvalue weighted by Gasteiger charge is -2.08. The first-order chi connectivity index (χ1) is 8.67. The molecule has 18 heavy (non-hydrogen) atoms. The minimum absolute atomic E-state index is 0.743. The minimum atomic E-state index is 0.743. The molecule has 0 aliphatic heterocycles. The topological polar surface area (TPSA) is 34.1 Å². The highest BCUT2D eigenvalue weighted by Crippen LogP contribution is 2.16. The number of hydrogen-bond acceptors (Lipinski definition) is 3. The summed E-state index contributed by atoms with van der Waals surface area (Å²) in [5.41, 5.74) is 2.37. The molecule has 0 spiro atoms. The van der Waals surface area contributed by atoms with E-state index >= 15 is 0 Å². The molecule has 1 aromatic carbocycles. The maximum absolute atomic E-state index is 5.12. The van der Waals surface area contributed by atoms with Gasteiger partial charge in [0.25, 0.3) is 0 Å². The smallest absolute Gasteiger partial charge is 0.127 e. The fourth-order valence-electron chi connectivity index (χ4n) is 1.65. The number of halogens is 1. The lowest BCUT2D eigenvalue weighted by Crippen LogP contribution is -2.01. The van der Waals surface area contributed by atoms with Crippen LogP contribution in [0.2, 0.25) is 0 Å². The molecule has 0 amide bonds. The first kappa shape index (κ1) is 12.9. The maximum Gasteiger partial charge on any atom is 0.127 e. The number of aryl methyl sites for hydroxylation is 1. The molecule has 3 nitrogen and oxygen atoms in total. The van der Waals surface area contributed by atoms with Crippen molar-refractivity contribution < 1.29 is 4.74 Å². The summed E-state index contributed by atoms with van der Waals surface area (Å²) in [4.78, 5) is 4.36. The molecule has 0 saturated carbocycles. The molecular formula is C14H15BrN2O. The van der Waals surface area contributed by atoms with Gasteiger partial charge in [0.05, 0.1) is 7.11 Å². The molecule has 0 aliphatic rings. The van der Waals surface area contributed by atoms with E-state index in [1.165, 1.54) is 11.1 Å². The number of methoxy groups -OCH3 is 1. The van der Waals surface area contributed by atoms with Gasteiger partial charge in [0.1, 0.15) is 16.2 Å². The molecule has 0 atom stereocenters. The zero-order valence-electron chi connectivity index (χ0n) is 10.4. The van der Waals surface area contributed by atoms with Crippen molar-refractivity contribution in [1.82, 2.24) is 4.98 Å². The highest BCUT2D eigenvalue weighted by molar-refractivity contribution is 9.10. The van der Waals surface area contributed by atoms with Gasteiger partial charge < -0.3 is 10.1 Å². The molecule has 1 heterocycles. The van der Waals surface area contributed by atoms with E-state index < -0.39 is 0 Å². The Bertz CT molecular complexity index is 506. The summed E-state index contributed by atoms with van der Waals surface area (Å²) < 4.78 is 5.97. The number of rotatable bonds is 4. The highest BCUT2D eigenvalue weighted by atomic mass is 79.9. The summed E-state index contributed by atoms with van der Waals surface area (Å²) >= 11 is 3.39. The van der Waals surface area contributed by atoms with Crippen LogP contribution in [0.15, 0.2) is 41.0 Å². The summed E-state index contributed by atoms with van der Waals surface area (Å²) in [5, 5.41) is 3.30. The van der Waals surface area contributed by atoms with Gasteiger partial charge in [-0.15, -0.1) is 0 Å². The third-order valence-corrected chi connectivity index (χ3v) is 2.98. The third kappa shape index (κ3) is 3.47. The number of hydrogen-bond donors (Lipinski definition) is 1. The van der Waals surface area contributed by atoms with Crippen LogP contribution in [0, 0.1) is 6.92 Å². The van der Waals surface area contributed by atoms with E-state index in [4.69, 9.17) is 4.74 Å². The van der Waals surface area contributed by atoms with Crippen LogP contribution in [0.3, 0.4) is 0 Å². The van der Waals surface area contributed by atoms with Crippen molar-refractivity contribution in [2.24, 2.45) is 0 Å². The fraction of sp³-hybridized carbons (Fsp3) is 0.214. The van der Waals surface area contributed by atoms with Crippen LogP contribution < -0.4 is 10.1 Å². The minimum Gasteiger partial charge on any atom is -0.497 e. The highest BCUT2D eigenvalue weighted by Gasteiger charge is 1.99. The van der Waals surface area contributed by atoms with Crippen molar-refractivity contribution >= 4 is 21.7 Å². The number of benzene rings is 1. The zero-order valence-corrected chi connectivity index (χ0v) is 12.0. The second kappa shape index (κ2) is 5.87. The summed E-state index contributed by atoms with van der Waals surface area (Å²) in [6.45, 7) is 2.79. The second-order valence-electron chi connectivity index (χ2n) is 4.05. The van der Waals surface area contributed by atoms with Crippen molar-refractivity contribution in [3.8, 4) is 5.75 Å². The van der Waals surface area contributed by atoms with Gasteiger partial charge in [0.2, 0.25) is 0 Å². The molecule has 94 valence electrons. The fourth-order valence-corrected chi connectivity index (χ4v) is 2.20. The van der Waals surface area contributed by atoms with Gasteiger partial charge in [-0.1, -0.05) is 12.1 Å².